The first-order chi connectivity index (χ1) is 16.4. The Morgan fingerprint density at radius 3 is 2.51 bits per heavy atom. The molecule has 4 rings (SSSR count). The van der Waals surface area contributed by atoms with Crippen LogP contribution in [0.25, 0.3) is 21.8 Å². The van der Waals surface area contributed by atoms with Crippen LogP contribution in [0.1, 0.15) is 28.5 Å². The summed E-state index contributed by atoms with van der Waals surface area (Å²) in [4.78, 5) is 33.8. The number of hydrogen-bond acceptors (Lipinski definition) is 6. The molecule has 35 heavy (non-hydrogen) atoms. The van der Waals surface area contributed by atoms with E-state index in [9.17, 15) is 22.8 Å². The van der Waals surface area contributed by atoms with Gasteiger partial charge in [0.1, 0.15) is 5.82 Å². The minimum Gasteiger partial charge on any atom is -0.383 e. The number of alkyl halides is 3. The standard InChI is InChI=1S/C22H19ClF3N7O2/c1-11(34)32(3)33(10-18-16(23)7-13(8-28-18)22(24,25)26)21(35)12-4-5-17-14(6-12)19-15(20(27)30-17)9-29-31(19)2/h4-9H,10H2,1-3H3,(H2,27,30). The summed E-state index contributed by atoms with van der Waals surface area (Å²) in [6.07, 6.45) is -2.43. The zero-order valence-corrected chi connectivity index (χ0v) is 19.5. The van der Waals surface area contributed by atoms with Gasteiger partial charge >= 0.3 is 6.18 Å². The SMILES string of the molecule is CC(=O)N(C)N(Cc1ncc(C(F)(F)F)cc1Cl)C(=O)c1ccc2nc(N)c3cnn(C)c3c2c1. The van der Waals surface area contributed by atoms with Crippen molar-refractivity contribution in [2.75, 3.05) is 12.8 Å². The summed E-state index contributed by atoms with van der Waals surface area (Å²) in [5.41, 5.74) is 6.39. The highest BCUT2D eigenvalue weighted by atomic mass is 35.5. The summed E-state index contributed by atoms with van der Waals surface area (Å²) in [6.45, 7) is 0.902. The van der Waals surface area contributed by atoms with Gasteiger partial charge in [0.05, 0.1) is 45.4 Å². The van der Waals surface area contributed by atoms with Crippen LogP contribution in [-0.2, 0) is 24.6 Å². The van der Waals surface area contributed by atoms with Gasteiger partial charge in [-0.3, -0.25) is 24.3 Å². The number of hydrogen-bond donors (Lipinski definition) is 1. The number of rotatable bonds is 3. The molecule has 0 atom stereocenters. The van der Waals surface area contributed by atoms with E-state index in [1.807, 2.05) is 0 Å². The first kappa shape index (κ1) is 24.2. The van der Waals surface area contributed by atoms with E-state index in [-0.39, 0.29) is 22.8 Å². The third-order valence-electron chi connectivity index (χ3n) is 5.55. The van der Waals surface area contributed by atoms with Gasteiger partial charge in [-0.15, -0.1) is 0 Å². The quantitative estimate of drug-likeness (QED) is 0.424. The Bertz CT molecular complexity index is 1490. The molecule has 0 aliphatic rings. The van der Waals surface area contributed by atoms with E-state index in [1.165, 1.54) is 20.0 Å². The molecular weight excluding hydrogens is 487 g/mol. The first-order valence-corrected chi connectivity index (χ1v) is 10.5. The van der Waals surface area contributed by atoms with E-state index < -0.39 is 23.6 Å². The lowest BCUT2D eigenvalue weighted by Gasteiger charge is -2.31. The monoisotopic (exact) mass is 505 g/mol. The van der Waals surface area contributed by atoms with Gasteiger partial charge < -0.3 is 5.73 Å². The Balaban J connectivity index is 1.77. The number of nitrogens with zero attached hydrogens (tertiary/aromatic N) is 6. The van der Waals surface area contributed by atoms with Crippen LogP contribution in [0.2, 0.25) is 5.02 Å². The summed E-state index contributed by atoms with van der Waals surface area (Å²) in [5, 5.41) is 7.23. The average molecular weight is 506 g/mol. The Kier molecular flexibility index (Phi) is 6.01. The molecule has 2 amide bonds. The number of benzene rings is 1. The normalized spacial score (nSPS) is 11.7. The molecule has 1 aromatic carbocycles. The van der Waals surface area contributed by atoms with Gasteiger partial charge in [-0.25, -0.2) is 9.99 Å². The largest absolute Gasteiger partial charge is 0.417 e. The van der Waals surface area contributed by atoms with Crippen molar-refractivity contribution in [3.05, 3.63) is 58.5 Å². The summed E-state index contributed by atoms with van der Waals surface area (Å²) in [5.74, 6) is -0.791. The summed E-state index contributed by atoms with van der Waals surface area (Å²) < 4.78 is 40.5. The maximum absolute atomic E-state index is 13.5. The van der Waals surface area contributed by atoms with Crippen molar-refractivity contribution in [3.63, 3.8) is 0 Å². The lowest BCUT2D eigenvalue weighted by Crippen LogP contribution is -2.46. The van der Waals surface area contributed by atoms with Crippen LogP contribution in [0.5, 0.6) is 0 Å². The lowest BCUT2D eigenvalue weighted by molar-refractivity contribution is -0.140. The molecule has 0 aliphatic carbocycles. The topological polar surface area (TPSA) is 110 Å². The Labute approximate surface area is 201 Å². The van der Waals surface area contributed by atoms with Crippen LogP contribution < -0.4 is 5.73 Å². The number of amides is 2. The molecule has 182 valence electrons. The fourth-order valence-corrected chi connectivity index (χ4v) is 3.83. The predicted molar refractivity (Wildman–Crippen MR) is 123 cm³/mol. The molecule has 0 aliphatic heterocycles. The second-order valence-electron chi connectivity index (χ2n) is 7.82. The second kappa shape index (κ2) is 8.69. The van der Waals surface area contributed by atoms with E-state index in [1.54, 1.807) is 30.1 Å². The Hall–Kier alpha value is -3.93. The van der Waals surface area contributed by atoms with Crippen LogP contribution in [0.4, 0.5) is 19.0 Å². The third kappa shape index (κ3) is 4.44. The van der Waals surface area contributed by atoms with Crippen LogP contribution in [0.15, 0.2) is 36.7 Å². The number of halogens is 4. The average Bonchev–Trinajstić information content (AvgIpc) is 3.19. The molecule has 2 N–H and O–H groups in total. The smallest absolute Gasteiger partial charge is 0.383 e. The third-order valence-corrected chi connectivity index (χ3v) is 5.88. The molecule has 0 saturated carbocycles. The summed E-state index contributed by atoms with van der Waals surface area (Å²) in [6, 6.07) is 5.45. The summed E-state index contributed by atoms with van der Waals surface area (Å²) in [7, 11) is 3.09. The maximum atomic E-state index is 13.5. The van der Waals surface area contributed by atoms with Crippen LogP contribution in [0, 0.1) is 0 Å². The predicted octanol–water partition coefficient (Wildman–Crippen LogP) is 3.81. The zero-order valence-electron chi connectivity index (χ0n) is 18.8. The highest BCUT2D eigenvalue weighted by Crippen LogP contribution is 2.32. The Morgan fingerprint density at radius 1 is 1.17 bits per heavy atom. The highest BCUT2D eigenvalue weighted by molar-refractivity contribution is 6.31. The van der Waals surface area contributed by atoms with Gasteiger partial charge in [0.2, 0.25) is 5.91 Å². The van der Waals surface area contributed by atoms with E-state index >= 15 is 0 Å². The molecule has 0 spiro atoms. The van der Waals surface area contributed by atoms with Crippen LogP contribution >= 0.6 is 11.6 Å². The lowest BCUT2D eigenvalue weighted by atomic mass is 10.1. The number of nitrogen functional groups attached to an aromatic ring is 1. The number of aromatic nitrogens is 4. The molecule has 4 aromatic rings. The molecule has 3 aromatic heterocycles. The van der Waals surface area contributed by atoms with E-state index in [0.29, 0.717) is 33.8 Å². The molecular formula is C22H19ClF3N7O2. The molecule has 0 unspecified atom stereocenters. The van der Waals surface area contributed by atoms with E-state index in [2.05, 4.69) is 15.1 Å². The second-order valence-corrected chi connectivity index (χ2v) is 8.22. The number of anilines is 1. The maximum Gasteiger partial charge on any atom is 0.417 e. The number of aryl methyl sites for hydroxylation is 1. The van der Waals surface area contributed by atoms with Crippen LogP contribution in [0.3, 0.4) is 0 Å². The Morgan fingerprint density at radius 2 is 1.89 bits per heavy atom. The fraction of sp³-hybridized carbons (Fsp3) is 0.227. The minimum atomic E-state index is -4.62. The molecule has 0 fully saturated rings. The minimum absolute atomic E-state index is 0.00892. The van der Waals surface area contributed by atoms with Crippen molar-refractivity contribution in [1.29, 1.82) is 0 Å². The molecule has 0 radical (unpaired) electrons. The van der Waals surface area contributed by atoms with Crippen LogP contribution in [-0.4, -0.2) is 48.6 Å². The van der Waals surface area contributed by atoms with Crippen molar-refractivity contribution < 1.29 is 22.8 Å². The van der Waals surface area contributed by atoms with Crippen molar-refractivity contribution in [1.82, 2.24) is 29.8 Å². The molecule has 3 heterocycles. The number of pyridine rings is 2. The zero-order chi connectivity index (χ0) is 25.7. The molecule has 0 saturated heterocycles. The van der Waals surface area contributed by atoms with Crippen molar-refractivity contribution in [2.45, 2.75) is 19.6 Å². The van der Waals surface area contributed by atoms with Gasteiger partial charge in [-0.05, 0) is 24.3 Å². The molecule has 13 heteroatoms. The fourth-order valence-electron chi connectivity index (χ4n) is 3.60. The van der Waals surface area contributed by atoms with Gasteiger partial charge in [-0.2, -0.15) is 18.3 Å². The number of nitrogens with two attached hydrogens (primary N) is 1. The van der Waals surface area contributed by atoms with Crippen molar-refractivity contribution >= 4 is 51.0 Å². The van der Waals surface area contributed by atoms with Gasteiger partial charge in [0.15, 0.2) is 0 Å². The van der Waals surface area contributed by atoms with E-state index in [4.69, 9.17) is 17.3 Å². The molecule has 9 nitrogen and oxygen atoms in total. The number of carbonyl (C=O) groups is 2. The van der Waals surface area contributed by atoms with Gasteiger partial charge in [0.25, 0.3) is 5.91 Å². The summed E-state index contributed by atoms with van der Waals surface area (Å²) >= 11 is 6.04. The molecule has 0 bridgehead atoms. The van der Waals surface area contributed by atoms with E-state index in [0.717, 1.165) is 16.1 Å². The highest BCUT2D eigenvalue weighted by Gasteiger charge is 2.32. The van der Waals surface area contributed by atoms with Gasteiger partial charge in [-0.1, -0.05) is 11.6 Å². The number of fused-ring (bicyclic) bond motifs is 3. The first-order valence-electron chi connectivity index (χ1n) is 10.2. The van der Waals surface area contributed by atoms with Crippen molar-refractivity contribution in [2.24, 2.45) is 7.05 Å². The number of hydrazine groups is 1. The number of carbonyl (C=O) groups excluding carboxylic acids is 2. The van der Waals surface area contributed by atoms with Crippen molar-refractivity contribution in [3.8, 4) is 0 Å². The van der Waals surface area contributed by atoms with Gasteiger partial charge in [0, 0.05) is 38.2 Å².